The van der Waals surface area contributed by atoms with Gasteiger partial charge in [-0.25, -0.2) is 0 Å². The largest absolute Gasteiger partial charge is 0.493 e. The van der Waals surface area contributed by atoms with E-state index in [1.807, 2.05) is 0 Å². The number of hydrogen-bond donors (Lipinski definition) is 1. The molecule has 1 aromatic carbocycles. The van der Waals surface area contributed by atoms with Gasteiger partial charge in [-0.05, 0) is 38.3 Å². The van der Waals surface area contributed by atoms with Crippen LogP contribution in [0.2, 0.25) is 0 Å². The fraction of sp³-hybridized carbons (Fsp3) is 0.667. The van der Waals surface area contributed by atoms with Crippen molar-refractivity contribution < 1.29 is 9.47 Å². The van der Waals surface area contributed by atoms with Crippen molar-refractivity contribution in [2.45, 2.75) is 58.1 Å². The summed E-state index contributed by atoms with van der Waals surface area (Å²) in [6.07, 6.45) is 6.00. The molecule has 2 rings (SSSR count). The lowest BCUT2D eigenvalue weighted by molar-refractivity contribution is 0.0901. The number of benzene rings is 1. The van der Waals surface area contributed by atoms with Crippen molar-refractivity contribution >= 4 is 0 Å². The van der Waals surface area contributed by atoms with Crippen LogP contribution in [0.5, 0.6) is 5.75 Å². The number of rotatable bonds is 9. The quantitative estimate of drug-likeness (QED) is 0.743. The molecule has 0 spiro atoms. The van der Waals surface area contributed by atoms with E-state index in [-0.39, 0.29) is 0 Å². The maximum atomic E-state index is 6.04. The van der Waals surface area contributed by atoms with Crippen LogP contribution in [-0.4, -0.2) is 25.9 Å². The second-order valence-corrected chi connectivity index (χ2v) is 5.72. The first-order chi connectivity index (χ1) is 10.3. The van der Waals surface area contributed by atoms with Crippen LogP contribution in [-0.2, 0) is 4.74 Å². The minimum atomic E-state index is 0.379. The second kappa shape index (κ2) is 9.06. The Kier molecular flexibility index (Phi) is 7.04. The molecule has 0 bridgehead atoms. The van der Waals surface area contributed by atoms with Crippen LogP contribution >= 0.6 is 0 Å². The summed E-state index contributed by atoms with van der Waals surface area (Å²) in [4.78, 5) is 0. The summed E-state index contributed by atoms with van der Waals surface area (Å²) >= 11 is 0. The maximum absolute atomic E-state index is 6.04. The molecule has 0 aromatic heterocycles. The molecule has 0 radical (unpaired) electrons. The molecular weight excluding hydrogens is 262 g/mol. The molecule has 2 atom stereocenters. The monoisotopic (exact) mass is 291 g/mol. The van der Waals surface area contributed by atoms with Crippen LogP contribution in [0.15, 0.2) is 24.3 Å². The Bertz CT molecular complexity index is 402. The zero-order valence-electron chi connectivity index (χ0n) is 13.4. The van der Waals surface area contributed by atoms with Gasteiger partial charge in [-0.1, -0.05) is 32.0 Å². The van der Waals surface area contributed by atoms with E-state index in [2.05, 4.69) is 43.4 Å². The fourth-order valence-electron chi connectivity index (χ4n) is 2.86. The van der Waals surface area contributed by atoms with Gasteiger partial charge in [0, 0.05) is 24.6 Å². The van der Waals surface area contributed by atoms with Gasteiger partial charge in [-0.2, -0.15) is 0 Å². The highest BCUT2D eigenvalue weighted by Crippen LogP contribution is 2.27. The summed E-state index contributed by atoms with van der Waals surface area (Å²) in [6, 6.07) is 8.79. The van der Waals surface area contributed by atoms with Crippen LogP contribution in [0.1, 0.15) is 57.6 Å². The Morgan fingerprint density at radius 2 is 2.19 bits per heavy atom. The highest BCUT2D eigenvalue weighted by Gasteiger charge is 2.17. The average molecular weight is 291 g/mol. The molecule has 1 aliphatic rings. The zero-order chi connectivity index (χ0) is 14.9. The van der Waals surface area contributed by atoms with E-state index in [0.29, 0.717) is 12.1 Å². The summed E-state index contributed by atoms with van der Waals surface area (Å²) in [5.74, 6) is 1.02. The fourth-order valence-corrected chi connectivity index (χ4v) is 2.86. The highest BCUT2D eigenvalue weighted by molar-refractivity contribution is 5.35. The first kappa shape index (κ1) is 16.3. The van der Waals surface area contributed by atoms with Crippen molar-refractivity contribution in [3.8, 4) is 5.75 Å². The van der Waals surface area contributed by atoms with Crippen LogP contribution in [0, 0.1) is 0 Å². The summed E-state index contributed by atoms with van der Waals surface area (Å²) in [5, 5.41) is 3.60. The van der Waals surface area contributed by atoms with E-state index in [1.165, 1.54) is 18.4 Å². The topological polar surface area (TPSA) is 30.5 Å². The molecular formula is C18H29NO2. The molecule has 1 saturated heterocycles. The lowest BCUT2D eigenvalue weighted by Gasteiger charge is -2.21. The lowest BCUT2D eigenvalue weighted by Crippen LogP contribution is -2.22. The Morgan fingerprint density at radius 1 is 1.33 bits per heavy atom. The normalized spacial score (nSPS) is 19.6. The van der Waals surface area contributed by atoms with Gasteiger partial charge in [0.1, 0.15) is 5.75 Å². The summed E-state index contributed by atoms with van der Waals surface area (Å²) in [7, 11) is 0. The van der Waals surface area contributed by atoms with Crippen LogP contribution < -0.4 is 10.1 Å². The van der Waals surface area contributed by atoms with Crippen molar-refractivity contribution in [3.63, 3.8) is 0 Å². The smallest absolute Gasteiger partial charge is 0.124 e. The van der Waals surface area contributed by atoms with Gasteiger partial charge < -0.3 is 14.8 Å². The van der Waals surface area contributed by atoms with Gasteiger partial charge in [-0.3, -0.25) is 0 Å². The molecule has 1 fully saturated rings. The molecule has 1 aromatic rings. The van der Waals surface area contributed by atoms with Gasteiger partial charge >= 0.3 is 0 Å². The molecule has 1 aliphatic heterocycles. The molecule has 1 heterocycles. The van der Waals surface area contributed by atoms with E-state index in [1.54, 1.807) is 0 Å². The minimum absolute atomic E-state index is 0.379. The van der Waals surface area contributed by atoms with E-state index in [9.17, 15) is 0 Å². The Hall–Kier alpha value is -1.06. The predicted octanol–water partition coefficient (Wildman–Crippen LogP) is 4.09. The average Bonchev–Trinajstić information content (AvgIpc) is 3.03. The number of para-hydroxylation sites is 1. The Balaban J connectivity index is 1.91. The molecule has 3 nitrogen and oxygen atoms in total. The zero-order valence-corrected chi connectivity index (χ0v) is 13.4. The predicted molar refractivity (Wildman–Crippen MR) is 86.9 cm³/mol. The third-order valence-corrected chi connectivity index (χ3v) is 4.06. The van der Waals surface area contributed by atoms with E-state index >= 15 is 0 Å². The third kappa shape index (κ3) is 5.01. The van der Waals surface area contributed by atoms with Crippen molar-refractivity contribution in [1.82, 2.24) is 5.32 Å². The van der Waals surface area contributed by atoms with Crippen LogP contribution in [0.25, 0.3) is 0 Å². The van der Waals surface area contributed by atoms with Crippen molar-refractivity contribution in [2.75, 3.05) is 19.8 Å². The van der Waals surface area contributed by atoms with Crippen LogP contribution in [0.3, 0.4) is 0 Å². The summed E-state index contributed by atoms with van der Waals surface area (Å²) in [5.41, 5.74) is 1.28. The lowest BCUT2D eigenvalue weighted by atomic mass is 10.0. The highest BCUT2D eigenvalue weighted by atomic mass is 16.5. The Morgan fingerprint density at radius 3 is 2.90 bits per heavy atom. The van der Waals surface area contributed by atoms with Crippen molar-refractivity contribution in [3.05, 3.63) is 29.8 Å². The van der Waals surface area contributed by atoms with Gasteiger partial charge in [0.05, 0.1) is 12.7 Å². The first-order valence-electron chi connectivity index (χ1n) is 8.41. The summed E-state index contributed by atoms with van der Waals surface area (Å²) in [6.45, 7) is 7.12. The second-order valence-electron chi connectivity index (χ2n) is 5.72. The number of ether oxygens (including phenoxy) is 2. The molecule has 0 aliphatic carbocycles. The van der Waals surface area contributed by atoms with E-state index in [0.717, 1.165) is 44.8 Å². The summed E-state index contributed by atoms with van der Waals surface area (Å²) < 4.78 is 11.7. The van der Waals surface area contributed by atoms with Gasteiger partial charge in [0.15, 0.2) is 0 Å². The number of hydrogen-bond acceptors (Lipinski definition) is 3. The maximum Gasteiger partial charge on any atom is 0.124 e. The van der Waals surface area contributed by atoms with Crippen LogP contribution in [0.4, 0.5) is 0 Å². The number of nitrogens with one attached hydrogen (secondary N) is 1. The molecule has 2 unspecified atom stereocenters. The molecule has 3 heteroatoms. The molecule has 0 saturated carbocycles. The molecule has 21 heavy (non-hydrogen) atoms. The van der Waals surface area contributed by atoms with Crippen molar-refractivity contribution in [2.24, 2.45) is 0 Å². The minimum Gasteiger partial charge on any atom is -0.493 e. The Labute approximate surface area is 129 Å². The van der Waals surface area contributed by atoms with E-state index in [4.69, 9.17) is 9.47 Å². The SMILES string of the molecule is CCCNC(CC)c1ccccc1OCCC1CCCO1. The standard InChI is InChI=1S/C18H29NO2/c1-3-12-19-17(4-2)16-9-5-6-10-18(16)21-14-11-15-8-7-13-20-15/h5-6,9-10,15,17,19H,3-4,7-8,11-14H2,1-2H3. The first-order valence-corrected chi connectivity index (χ1v) is 8.41. The third-order valence-electron chi connectivity index (χ3n) is 4.06. The molecule has 118 valence electrons. The van der Waals surface area contributed by atoms with Gasteiger partial charge in [-0.15, -0.1) is 0 Å². The molecule has 1 N–H and O–H groups in total. The molecule has 0 amide bonds. The van der Waals surface area contributed by atoms with Crippen molar-refractivity contribution in [1.29, 1.82) is 0 Å². The van der Waals surface area contributed by atoms with Gasteiger partial charge in [0.2, 0.25) is 0 Å². The van der Waals surface area contributed by atoms with E-state index < -0.39 is 0 Å². The van der Waals surface area contributed by atoms with Gasteiger partial charge in [0.25, 0.3) is 0 Å².